The minimum Gasteiger partial charge on any atom is -0.390 e. The Morgan fingerprint density at radius 2 is 1.87 bits per heavy atom. The molecule has 1 aliphatic rings. The van der Waals surface area contributed by atoms with Crippen molar-refractivity contribution in [3.63, 3.8) is 0 Å². The molecule has 0 saturated heterocycles. The highest BCUT2D eigenvalue weighted by molar-refractivity contribution is 4.94. The molecule has 2 nitrogen and oxygen atoms in total. The summed E-state index contributed by atoms with van der Waals surface area (Å²) in [6.07, 6.45) is 6.44. The third kappa shape index (κ3) is 2.94. The number of aliphatic hydroxyl groups excluding tert-OH is 1. The van der Waals surface area contributed by atoms with Crippen LogP contribution in [0.15, 0.2) is 0 Å². The quantitative estimate of drug-likeness (QED) is 0.736. The second-order valence-electron chi connectivity index (χ2n) is 4.92. The smallest absolute Gasteiger partial charge is 0.0942 e. The molecule has 1 aliphatic carbocycles. The van der Waals surface area contributed by atoms with E-state index in [1.54, 1.807) is 0 Å². The molecule has 0 spiro atoms. The van der Waals surface area contributed by atoms with Gasteiger partial charge in [-0.2, -0.15) is 0 Å². The van der Waals surface area contributed by atoms with Crippen molar-refractivity contribution in [2.45, 2.75) is 71.0 Å². The first-order valence-electron chi connectivity index (χ1n) is 6.48. The molecule has 0 amide bonds. The Balaban J connectivity index is 2.62. The van der Waals surface area contributed by atoms with Crippen molar-refractivity contribution in [1.29, 1.82) is 0 Å². The predicted octanol–water partition coefficient (Wildman–Crippen LogP) is 3.13. The summed E-state index contributed by atoms with van der Waals surface area (Å²) in [6, 6.07) is 0. The minimum atomic E-state index is -0.278. The van der Waals surface area contributed by atoms with Crippen LogP contribution < -0.4 is 0 Å². The van der Waals surface area contributed by atoms with Gasteiger partial charge < -0.3 is 9.84 Å². The lowest BCUT2D eigenvalue weighted by Gasteiger charge is -2.37. The average Bonchev–Trinajstić information content (AvgIpc) is 2.67. The third-order valence-corrected chi connectivity index (χ3v) is 3.70. The topological polar surface area (TPSA) is 29.5 Å². The van der Waals surface area contributed by atoms with Gasteiger partial charge in [-0.3, -0.25) is 0 Å². The SMILES string of the molecule is CCCC(C)C(O)C1(OCC)CCCC1. The van der Waals surface area contributed by atoms with Crippen LogP contribution in [0.2, 0.25) is 0 Å². The van der Waals surface area contributed by atoms with Crippen molar-refractivity contribution in [2.24, 2.45) is 5.92 Å². The van der Waals surface area contributed by atoms with E-state index in [0.29, 0.717) is 5.92 Å². The average molecular weight is 214 g/mol. The fourth-order valence-electron chi connectivity index (χ4n) is 2.92. The Labute approximate surface area is 94.0 Å². The van der Waals surface area contributed by atoms with Crippen LogP contribution in [0, 0.1) is 5.92 Å². The lowest BCUT2D eigenvalue weighted by atomic mass is 9.84. The largest absolute Gasteiger partial charge is 0.390 e. The van der Waals surface area contributed by atoms with Crippen LogP contribution in [0.5, 0.6) is 0 Å². The van der Waals surface area contributed by atoms with Gasteiger partial charge in [0.2, 0.25) is 0 Å². The van der Waals surface area contributed by atoms with Crippen molar-refractivity contribution in [1.82, 2.24) is 0 Å². The molecule has 0 heterocycles. The standard InChI is InChI=1S/C13H26O2/c1-4-8-11(3)12(14)13(15-5-2)9-6-7-10-13/h11-12,14H,4-10H2,1-3H3. The summed E-state index contributed by atoms with van der Waals surface area (Å²) in [5.74, 6) is 0.361. The molecular weight excluding hydrogens is 188 g/mol. The van der Waals surface area contributed by atoms with Crippen molar-refractivity contribution < 1.29 is 9.84 Å². The van der Waals surface area contributed by atoms with Crippen molar-refractivity contribution >= 4 is 0 Å². The lowest BCUT2D eigenvalue weighted by molar-refractivity contribution is -0.134. The van der Waals surface area contributed by atoms with Gasteiger partial charge in [-0.1, -0.05) is 33.1 Å². The number of rotatable bonds is 6. The first kappa shape index (κ1) is 13.0. The van der Waals surface area contributed by atoms with E-state index >= 15 is 0 Å². The number of aliphatic hydroxyl groups is 1. The van der Waals surface area contributed by atoms with Gasteiger partial charge in [0.05, 0.1) is 11.7 Å². The highest BCUT2D eigenvalue weighted by Crippen LogP contribution is 2.39. The fraction of sp³-hybridized carbons (Fsp3) is 1.00. The van der Waals surface area contributed by atoms with Crippen LogP contribution in [0.3, 0.4) is 0 Å². The van der Waals surface area contributed by atoms with Crippen molar-refractivity contribution in [2.75, 3.05) is 6.61 Å². The van der Waals surface area contributed by atoms with Crippen LogP contribution in [0.25, 0.3) is 0 Å². The molecule has 0 aromatic carbocycles. The van der Waals surface area contributed by atoms with Gasteiger partial charge >= 0.3 is 0 Å². The Kier molecular flexibility index (Phi) is 5.07. The molecule has 2 atom stereocenters. The van der Waals surface area contributed by atoms with E-state index in [0.717, 1.165) is 32.3 Å². The summed E-state index contributed by atoms with van der Waals surface area (Å²) in [5, 5.41) is 10.4. The molecule has 0 aliphatic heterocycles. The van der Waals surface area contributed by atoms with Gasteiger partial charge in [-0.05, 0) is 32.1 Å². The van der Waals surface area contributed by atoms with E-state index in [2.05, 4.69) is 13.8 Å². The summed E-state index contributed by atoms with van der Waals surface area (Å²) in [4.78, 5) is 0. The van der Waals surface area contributed by atoms with Gasteiger partial charge in [-0.15, -0.1) is 0 Å². The molecule has 0 radical (unpaired) electrons. The molecule has 2 heteroatoms. The second-order valence-corrected chi connectivity index (χ2v) is 4.92. The van der Waals surface area contributed by atoms with Crippen LogP contribution in [-0.2, 0) is 4.74 Å². The maximum atomic E-state index is 10.4. The van der Waals surface area contributed by atoms with Crippen molar-refractivity contribution in [3.8, 4) is 0 Å². The fourth-order valence-corrected chi connectivity index (χ4v) is 2.92. The normalized spacial score (nSPS) is 24.0. The Hall–Kier alpha value is -0.0800. The van der Waals surface area contributed by atoms with E-state index in [4.69, 9.17) is 4.74 Å². The molecule has 1 rings (SSSR count). The van der Waals surface area contributed by atoms with Gasteiger partial charge in [-0.25, -0.2) is 0 Å². The summed E-state index contributed by atoms with van der Waals surface area (Å²) < 4.78 is 5.87. The summed E-state index contributed by atoms with van der Waals surface area (Å²) >= 11 is 0. The highest BCUT2D eigenvalue weighted by Gasteiger charge is 2.43. The zero-order chi connectivity index (χ0) is 11.3. The van der Waals surface area contributed by atoms with E-state index < -0.39 is 0 Å². The molecule has 90 valence electrons. The maximum absolute atomic E-state index is 10.4. The van der Waals surface area contributed by atoms with E-state index in [9.17, 15) is 5.11 Å². The molecule has 1 N–H and O–H groups in total. The second kappa shape index (κ2) is 5.86. The third-order valence-electron chi connectivity index (χ3n) is 3.70. The summed E-state index contributed by atoms with van der Waals surface area (Å²) in [7, 11) is 0. The van der Waals surface area contributed by atoms with E-state index in [1.807, 2.05) is 6.92 Å². The van der Waals surface area contributed by atoms with Gasteiger partial charge in [0, 0.05) is 6.61 Å². The molecule has 0 aromatic rings. The molecule has 2 unspecified atom stereocenters. The van der Waals surface area contributed by atoms with Crippen LogP contribution in [0.4, 0.5) is 0 Å². The van der Waals surface area contributed by atoms with Crippen LogP contribution >= 0.6 is 0 Å². The Bertz CT molecular complexity index is 173. The predicted molar refractivity (Wildman–Crippen MR) is 62.9 cm³/mol. The number of hydrogen-bond donors (Lipinski definition) is 1. The summed E-state index contributed by atoms with van der Waals surface area (Å²) in [6.45, 7) is 7.06. The molecule has 15 heavy (non-hydrogen) atoms. The molecular formula is C13H26O2. The number of hydrogen-bond acceptors (Lipinski definition) is 2. The monoisotopic (exact) mass is 214 g/mol. The van der Waals surface area contributed by atoms with Gasteiger partial charge in [0.1, 0.15) is 0 Å². The first-order chi connectivity index (χ1) is 7.16. The summed E-state index contributed by atoms with van der Waals surface area (Å²) in [5.41, 5.74) is -0.219. The Morgan fingerprint density at radius 3 is 2.33 bits per heavy atom. The van der Waals surface area contributed by atoms with Gasteiger partial charge in [0.25, 0.3) is 0 Å². The van der Waals surface area contributed by atoms with Crippen LogP contribution in [0.1, 0.15) is 59.3 Å². The minimum absolute atomic E-state index is 0.219. The highest BCUT2D eigenvalue weighted by atomic mass is 16.5. The van der Waals surface area contributed by atoms with Gasteiger partial charge in [0.15, 0.2) is 0 Å². The molecule has 0 aromatic heterocycles. The van der Waals surface area contributed by atoms with Crippen molar-refractivity contribution in [3.05, 3.63) is 0 Å². The Morgan fingerprint density at radius 1 is 1.27 bits per heavy atom. The zero-order valence-electron chi connectivity index (χ0n) is 10.5. The van der Waals surface area contributed by atoms with Crippen LogP contribution in [-0.4, -0.2) is 23.4 Å². The molecule has 1 fully saturated rings. The van der Waals surface area contributed by atoms with E-state index in [-0.39, 0.29) is 11.7 Å². The maximum Gasteiger partial charge on any atom is 0.0942 e. The zero-order valence-corrected chi connectivity index (χ0v) is 10.5. The molecule has 0 bridgehead atoms. The number of ether oxygens (including phenoxy) is 1. The van der Waals surface area contributed by atoms with E-state index in [1.165, 1.54) is 12.8 Å². The lowest BCUT2D eigenvalue weighted by Crippen LogP contribution is -2.46. The molecule has 1 saturated carbocycles. The first-order valence-corrected chi connectivity index (χ1v) is 6.48.